The zero-order valence-electron chi connectivity index (χ0n) is 16.1. The van der Waals surface area contributed by atoms with Gasteiger partial charge in [-0.1, -0.05) is 24.2 Å². The van der Waals surface area contributed by atoms with Crippen molar-refractivity contribution in [1.29, 1.82) is 0 Å². The van der Waals surface area contributed by atoms with Crippen LogP contribution >= 0.6 is 24.0 Å². The van der Waals surface area contributed by atoms with E-state index in [2.05, 4.69) is 34.6 Å². The minimum atomic E-state index is 0. The van der Waals surface area contributed by atoms with Crippen LogP contribution in [0.5, 0.6) is 5.75 Å². The molecular weight excluding hydrogens is 443 g/mol. The number of halogens is 1. The average Bonchev–Trinajstić information content (AvgIpc) is 2.96. The van der Waals surface area contributed by atoms with Crippen molar-refractivity contribution in [2.75, 3.05) is 20.2 Å². The smallest absolute Gasteiger partial charge is 0.191 e. The summed E-state index contributed by atoms with van der Waals surface area (Å²) in [5.41, 5.74) is 3.22. The van der Waals surface area contributed by atoms with E-state index < -0.39 is 0 Å². The molecule has 7 heteroatoms. The number of guanidine groups is 1. The molecule has 0 aliphatic carbocycles. The molecule has 0 fully saturated rings. The third-order valence-corrected chi connectivity index (χ3v) is 4.06. The highest BCUT2D eigenvalue weighted by Gasteiger charge is 2.16. The van der Waals surface area contributed by atoms with Crippen LogP contribution in [-0.2, 0) is 6.54 Å². The van der Waals surface area contributed by atoms with Crippen molar-refractivity contribution in [1.82, 2.24) is 15.8 Å². The van der Waals surface area contributed by atoms with Crippen molar-refractivity contribution in [2.24, 2.45) is 4.99 Å². The largest absolute Gasteiger partial charge is 0.497 e. The third kappa shape index (κ3) is 6.19. The fourth-order valence-electron chi connectivity index (χ4n) is 2.83. The van der Waals surface area contributed by atoms with Gasteiger partial charge in [0.1, 0.15) is 11.5 Å². The maximum Gasteiger partial charge on any atom is 0.191 e. The second kappa shape index (κ2) is 11.1. The van der Waals surface area contributed by atoms with Gasteiger partial charge in [-0.15, -0.1) is 24.0 Å². The lowest BCUT2D eigenvalue weighted by atomic mass is 10.00. The number of methoxy groups -OCH3 is 1. The number of aryl methyl sites for hydroxylation is 2. The summed E-state index contributed by atoms with van der Waals surface area (Å²) in [6, 6.07) is 7.95. The first-order valence-electron chi connectivity index (χ1n) is 8.63. The molecule has 1 heterocycles. The predicted molar refractivity (Wildman–Crippen MR) is 116 cm³/mol. The van der Waals surface area contributed by atoms with E-state index in [0.717, 1.165) is 47.4 Å². The molecule has 0 aliphatic rings. The SMILES string of the molecule is CCNC(=NCc1cccc(OC)c1)NCC(C)c1c(C)noc1C.I. The van der Waals surface area contributed by atoms with Crippen LogP contribution in [0, 0.1) is 13.8 Å². The fourth-order valence-corrected chi connectivity index (χ4v) is 2.83. The Morgan fingerprint density at radius 1 is 1.31 bits per heavy atom. The summed E-state index contributed by atoms with van der Waals surface area (Å²) in [4.78, 5) is 4.66. The molecule has 6 nitrogen and oxygen atoms in total. The predicted octanol–water partition coefficient (Wildman–Crippen LogP) is 3.78. The number of ether oxygens (including phenoxy) is 1. The van der Waals surface area contributed by atoms with Crippen molar-refractivity contribution in [3.63, 3.8) is 0 Å². The molecule has 1 unspecified atom stereocenters. The van der Waals surface area contributed by atoms with Gasteiger partial charge >= 0.3 is 0 Å². The molecule has 2 N–H and O–H groups in total. The van der Waals surface area contributed by atoms with E-state index >= 15 is 0 Å². The number of hydrogen-bond acceptors (Lipinski definition) is 4. The van der Waals surface area contributed by atoms with Gasteiger partial charge < -0.3 is 19.9 Å². The van der Waals surface area contributed by atoms with Gasteiger partial charge in [-0.3, -0.25) is 0 Å². The quantitative estimate of drug-likeness (QED) is 0.365. The fraction of sp³-hybridized carbons (Fsp3) is 0.474. The van der Waals surface area contributed by atoms with Crippen molar-refractivity contribution in [2.45, 2.75) is 40.2 Å². The summed E-state index contributed by atoms with van der Waals surface area (Å²) in [6.07, 6.45) is 0. The van der Waals surface area contributed by atoms with E-state index in [-0.39, 0.29) is 29.9 Å². The average molecular weight is 472 g/mol. The van der Waals surface area contributed by atoms with E-state index in [1.807, 2.05) is 38.1 Å². The van der Waals surface area contributed by atoms with Crippen molar-refractivity contribution < 1.29 is 9.26 Å². The molecule has 1 aromatic carbocycles. The summed E-state index contributed by atoms with van der Waals surface area (Å²) < 4.78 is 10.5. The lowest BCUT2D eigenvalue weighted by Crippen LogP contribution is -2.39. The van der Waals surface area contributed by atoms with Crippen LogP contribution in [0.3, 0.4) is 0 Å². The molecule has 0 amide bonds. The van der Waals surface area contributed by atoms with Crippen LogP contribution in [-0.4, -0.2) is 31.3 Å². The Balaban J connectivity index is 0.00000338. The van der Waals surface area contributed by atoms with Crippen LogP contribution in [0.1, 0.15) is 42.3 Å². The summed E-state index contributed by atoms with van der Waals surface area (Å²) in [6.45, 7) is 10.3. The van der Waals surface area contributed by atoms with Crippen LogP contribution in [0.15, 0.2) is 33.8 Å². The van der Waals surface area contributed by atoms with Gasteiger partial charge in [0.05, 0.1) is 19.3 Å². The Hall–Kier alpha value is -1.77. The van der Waals surface area contributed by atoms with Gasteiger partial charge in [-0.05, 0) is 38.5 Å². The Bertz CT molecular complexity index is 696. The third-order valence-electron chi connectivity index (χ3n) is 4.06. The van der Waals surface area contributed by atoms with Gasteiger partial charge in [0, 0.05) is 24.6 Å². The lowest BCUT2D eigenvalue weighted by Gasteiger charge is -2.16. The van der Waals surface area contributed by atoms with E-state index in [1.165, 1.54) is 0 Å². The number of nitrogens with zero attached hydrogens (tertiary/aromatic N) is 2. The zero-order chi connectivity index (χ0) is 18.2. The Labute approximate surface area is 172 Å². The minimum absolute atomic E-state index is 0. The number of hydrogen-bond donors (Lipinski definition) is 2. The second-order valence-corrected chi connectivity index (χ2v) is 6.07. The van der Waals surface area contributed by atoms with Crippen molar-refractivity contribution in [3.8, 4) is 5.75 Å². The molecule has 0 saturated heterocycles. The van der Waals surface area contributed by atoms with Crippen molar-refractivity contribution in [3.05, 3.63) is 46.8 Å². The molecule has 1 aromatic heterocycles. The highest BCUT2D eigenvalue weighted by atomic mass is 127. The molecule has 0 aliphatic heterocycles. The number of aromatic nitrogens is 1. The Kier molecular flexibility index (Phi) is 9.47. The van der Waals surface area contributed by atoms with Gasteiger partial charge in [0.15, 0.2) is 5.96 Å². The molecule has 0 radical (unpaired) electrons. The maximum atomic E-state index is 5.26. The molecular formula is C19H29IN4O2. The number of nitrogens with one attached hydrogen (secondary N) is 2. The van der Waals surface area contributed by atoms with Crippen molar-refractivity contribution >= 4 is 29.9 Å². The number of rotatable bonds is 7. The van der Waals surface area contributed by atoms with E-state index in [1.54, 1.807) is 7.11 Å². The minimum Gasteiger partial charge on any atom is -0.497 e. The number of benzene rings is 1. The summed E-state index contributed by atoms with van der Waals surface area (Å²) in [5.74, 6) is 2.80. The highest BCUT2D eigenvalue weighted by Crippen LogP contribution is 2.22. The number of aliphatic imine (C=N–C) groups is 1. The molecule has 0 saturated carbocycles. The normalized spacial score (nSPS) is 12.3. The molecule has 26 heavy (non-hydrogen) atoms. The first-order valence-corrected chi connectivity index (χ1v) is 8.63. The molecule has 0 bridgehead atoms. The van der Waals surface area contributed by atoms with Crippen LogP contribution in [0.25, 0.3) is 0 Å². The Morgan fingerprint density at radius 2 is 2.08 bits per heavy atom. The standard InChI is InChI=1S/C19H28N4O2.HI/c1-6-20-19(22-12-16-8-7-9-17(10-16)24-5)21-11-13(2)18-14(3)23-25-15(18)4;/h7-10,13H,6,11-12H2,1-5H3,(H2,20,21,22);1H. The summed E-state index contributed by atoms with van der Waals surface area (Å²) >= 11 is 0. The monoisotopic (exact) mass is 472 g/mol. The van der Waals surface area contributed by atoms with Gasteiger partial charge in [0.25, 0.3) is 0 Å². The molecule has 1 atom stereocenters. The van der Waals surface area contributed by atoms with E-state index in [0.29, 0.717) is 6.54 Å². The first-order chi connectivity index (χ1) is 12.0. The molecule has 2 aromatic rings. The van der Waals surface area contributed by atoms with Gasteiger partial charge in [0.2, 0.25) is 0 Å². The highest BCUT2D eigenvalue weighted by molar-refractivity contribution is 14.0. The van der Waals surface area contributed by atoms with E-state index in [9.17, 15) is 0 Å². The van der Waals surface area contributed by atoms with Crippen LogP contribution in [0.4, 0.5) is 0 Å². The van der Waals surface area contributed by atoms with Crippen LogP contribution < -0.4 is 15.4 Å². The molecule has 144 valence electrons. The second-order valence-electron chi connectivity index (χ2n) is 6.07. The van der Waals surface area contributed by atoms with Crippen LogP contribution in [0.2, 0.25) is 0 Å². The molecule has 2 rings (SSSR count). The molecule has 0 spiro atoms. The van der Waals surface area contributed by atoms with Gasteiger partial charge in [-0.2, -0.15) is 0 Å². The first kappa shape index (κ1) is 22.3. The van der Waals surface area contributed by atoms with Gasteiger partial charge in [-0.25, -0.2) is 4.99 Å². The summed E-state index contributed by atoms with van der Waals surface area (Å²) in [5, 5.41) is 10.7. The maximum absolute atomic E-state index is 5.26. The summed E-state index contributed by atoms with van der Waals surface area (Å²) in [7, 11) is 1.67. The topological polar surface area (TPSA) is 71.7 Å². The van der Waals surface area contributed by atoms with E-state index in [4.69, 9.17) is 9.26 Å². The Morgan fingerprint density at radius 3 is 2.69 bits per heavy atom. The zero-order valence-corrected chi connectivity index (χ0v) is 18.5. The lowest BCUT2D eigenvalue weighted by molar-refractivity contribution is 0.391.